The van der Waals surface area contributed by atoms with Crippen molar-refractivity contribution in [2.45, 2.75) is 0 Å². The molecule has 0 aliphatic carbocycles. The van der Waals surface area contributed by atoms with Gasteiger partial charge in [-0.15, -0.1) is 0 Å². The highest BCUT2D eigenvalue weighted by atomic mass is 35.5. The second-order valence-corrected chi connectivity index (χ2v) is 4.08. The third kappa shape index (κ3) is 1.55. The van der Waals surface area contributed by atoms with Crippen molar-refractivity contribution in [1.29, 1.82) is 0 Å². The average Bonchev–Trinajstić information content (AvgIpc) is 2.80. The fourth-order valence-electron chi connectivity index (χ4n) is 1.77. The largest absolute Gasteiger partial charge is 0.297 e. The lowest BCUT2D eigenvalue weighted by atomic mass is 10.1. The lowest BCUT2D eigenvalue weighted by molar-refractivity contribution is 0.511. The summed E-state index contributed by atoms with van der Waals surface area (Å²) >= 11 is 5.52. The quantitative estimate of drug-likeness (QED) is 0.632. The van der Waals surface area contributed by atoms with Crippen molar-refractivity contribution in [3.63, 3.8) is 0 Å². The van der Waals surface area contributed by atoms with Gasteiger partial charge in [0.05, 0.1) is 23.1 Å². The first-order chi connectivity index (χ1) is 8.68. The SMILES string of the molecule is Fc1c(Cl)ccc(-c2cnc3cnccn23)c1F. The van der Waals surface area contributed by atoms with Crippen molar-refractivity contribution in [1.82, 2.24) is 14.4 Å². The molecule has 0 spiro atoms. The highest BCUT2D eigenvalue weighted by molar-refractivity contribution is 6.30. The predicted molar refractivity (Wildman–Crippen MR) is 63.3 cm³/mol. The molecule has 0 fully saturated rings. The lowest BCUT2D eigenvalue weighted by Gasteiger charge is -2.04. The van der Waals surface area contributed by atoms with Crippen molar-refractivity contribution in [3.8, 4) is 11.3 Å². The standard InChI is InChI=1S/C12H6ClF2N3/c13-8-2-1-7(11(14)12(8)15)9-5-17-10-6-16-3-4-18(9)10/h1-6H. The maximum Gasteiger partial charge on any atom is 0.178 e. The average molecular weight is 266 g/mol. The summed E-state index contributed by atoms with van der Waals surface area (Å²) in [5.74, 6) is -2.04. The smallest absolute Gasteiger partial charge is 0.178 e. The molecule has 3 nitrogen and oxygen atoms in total. The van der Waals surface area contributed by atoms with Gasteiger partial charge in [-0.1, -0.05) is 11.6 Å². The fraction of sp³-hybridized carbons (Fsp3) is 0. The zero-order valence-corrected chi connectivity index (χ0v) is 9.70. The van der Waals surface area contributed by atoms with Crippen LogP contribution in [0.25, 0.3) is 16.9 Å². The first-order valence-electron chi connectivity index (χ1n) is 5.09. The third-order valence-electron chi connectivity index (χ3n) is 2.63. The van der Waals surface area contributed by atoms with Gasteiger partial charge in [0.1, 0.15) is 0 Å². The van der Waals surface area contributed by atoms with Crippen molar-refractivity contribution >= 4 is 17.2 Å². The van der Waals surface area contributed by atoms with E-state index in [0.29, 0.717) is 11.3 Å². The van der Waals surface area contributed by atoms with E-state index in [4.69, 9.17) is 11.6 Å². The van der Waals surface area contributed by atoms with Crippen LogP contribution in [0, 0.1) is 11.6 Å². The van der Waals surface area contributed by atoms with Gasteiger partial charge in [-0.25, -0.2) is 13.8 Å². The van der Waals surface area contributed by atoms with E-state index in [2.05, 4.69) is 9.97 Å². The van der Waals surface area contributed by atoms with Gasteiger partial charge in [0.15, 0.2) is 17.3 Å². The minimum Gasteiger partial charge on any atom is -0.297 e. The molecule has 2 heterocycles. The third-order valence-corrected chi connectivity index (χ3v) is 2.92. The van der Waals surface area contributed by atoms with E-state index in [1.165, 1.54) is 24.5 Å². The Hall–Kier alpha value is -2.01. The van der Waals surface area contributed by atoms with Crippen LogP contribution in [0.1, 0.15) is 0 Å². The van der Waals surface area contributed by atoms with Gasteiger partial charge in [0.2, 0.25) is 0 Å². The molecule has 0 atom stereocenters. The zero-order chi connectivity index (χ0) is 12.7. The Labute approximate surface area is 106 Å². The van der Waals surface area contributed by atoms with E-state index < -0.39 is 11.6 Å². The van der Waals surface area contributed by atoms with Crippen LogP contribution in [-0.2, 0) is 0 Å². The number of benzene rings is 1. The molecule has 0 bridgehead atoms. The Morgan fingerprint density at radius 2 is 1.94 bits per heavy atom. The number of aromatic nitrogens is 3. The molecule has 1 aromatic carbocycles. The molecule has 90 valence electrons. The number of hydrogen-bond donors (Lipinski definition) is 0. The maximum atomic E-state index is 13.8. The second kappa shape index (κ2) is 4.03. The van der Waals surface area contributed by atoms with Crippen molar-refractivity contribution < 1.29 is 8.78 Å². The number of nitrogens with zero attached hydrogens (tertiary/aromatic N) is 3. The molecule has 0 aliphatic heterocycles. The molecule has 3 aromatic rings. The molecule has 0 saturated heterocycles. The van der Waals surface area contributed by atoms with E-state index in [1.54, 1.807) is 16.8 Å². The van der Waals surface area contributed by atoms with Crippen LogP contribution in [0.5, 0.6) is 0 Å². The Morgan fingerprint density at radius 3 is 2.78 bits per heavy atom. The van der Waals surface area contributed by atoms with Crippen LogP contribution in [0.3, 0.4) is 0 Å². The molecule has 18 heavy (non-hydrogen) atoms. The molecule has 0 amide bonds. The topological polar surface area (TPSA) is 30.2 Å². The van der Waals surface area contributed by atoms with Crippen LogP contribution in [0.2, 0.25) is 5.02 Å². The summed E-state index contributed by atoms with van der Waals surface area (Å²) in [4.78, 5) is 7.97. The van der Waals surface area contributed by atoms with Gasteiger partial charge < -0.3 is 0 Å². The molecule has 6 heteroatoms. The van der Waals surface area contributed by atoms with Crippen LogP contribution in [0.4, 0.5) is 8.78 Å². The summed E-state index contributed by atoms with van der Waals surface area (Å²) in [5, 5.41) is -0.244. The first-order valence-corrected chi connectivity index (χ1v) is 5.47. The van der Waals surface area contributed by atoms with Crippen LogP contribution in [0.15, 0.2) is 36.9 Å². The number of halogens is 3. The van der Waals surface area contributed by atoms with Gasteiger partial charge >= 0.3 is 0 Å². The predicted octanol–water partition coefficient (Wildman–Crippen LogP) is 3.33. The molecular formula is C12H6ClF2N3. The van der Waals surface area contributed by atoms with Crippen LogP contribution < -0.4 is 0 Å². The number of fused-ring (bicyclic) bond motifs is 1. The van der Waals surface area contributed by atoms with E-state index in [1.807, 2.05) is 0 Å². The maximum absolute atomic E-state index is 13.8. The normalized spacial score (nSPS) is 11.1. The lowest BCUT2D eigenvalue weighted by Crippen LogP contribution is -1.94. The van der Waals surface area contributed by atoms with Crippen LogP contribution >= 0.6 is 11.6 Å². The van der Waals surface area contributed by atoms with Crippen LogP contribution in [-0.4, -0.2) is 14.4 Å². The first kappa shape index (κ1) is 11.1. The highest BCUT2D eigenvalue weighted by Gasteiger charge is 2.16. The van der Waals surface area contributed by atoms with Gasteiger partial charge in [-0.05, 0) is 12.1 Å². The molecule has 2 aromatic heterocycles. The molecule has 0 unspecified atom stereocenters. The summed E-state index contributed by atoms with van der Waals surface area (Å²) in [6, 6.07) is 2.74. The van der Waals surface area contributed by atoms with E-state index in [9.17, 15) is 8.78 Å². The number of hydrogen-bond acceptors (Lipinski definition) is 2. The molecule has 0 saturated carbocycles. The van der Waals surface area contributed by atoms with Crippen molar-refractivity contribution in [2.75, 3.05) is 0 Å². The second-order valence-electron chi connectivity index (χ2n) is 3.67. The van der Waals surface area contributed by atoms with E-state index in [-0.39, 0.29) is 10.6 Å². The summed E-state index contributed by atoms with van der Waals surface area (Å²) in [6.07, 6.45) is 6.17. The highest BCUT2D eigenvalue weighted by Crippen LogP contribution is 2.28. The fourth-order valence-corrected chi connectivity index (χ4v) is 1.91. The molecule has 0 aliphatic rings. The number of rotatable bonds is 1. The zero-order valence-electron chi connectivity index (χ0n) is 8.94. The minimum absolute atomic E-state index is 0.107. The van der Waals surface area contributed by atoms with Gasteiger partial charge in [0, 0.05) is 18.0 Å². The summed E-state index contributed by atoms with van der Waals surface area (Å²) in [6.45, 7) is 0. The van der Waals surface area contributed by atoms with E-state index >= 15 is 0 Å². The Morgan fingerprint density at radius 1 is 1.11 bits per heavy atom. The van der Waals surface area contributed by atoms with Crippen molar-refractivity contribution in [3.05, 3.63) is 53.6 Å². The summed E-state index contributed by atoms with van der Waals surface area (Å²) in [7, 11) is 0. The summed E-state index contributed by atoms with van der Waals surface area (Å²) in [5.41, 5.74) is 1.11. The number of imidazole rings is 1. The Kier molecular flexibility index (Phi) is 2.48. The van der Waals surface area contributed by atoms with Gasteiger partial charge in [0.25, 0.3) is 0 Å². The summed E-state index contributed by atoms with van der Waals surface area (Å²) < 4.78 is 28.9. The molecule has 0 N–H and O–H groups in total. The molecular weight excluding hydrogens is 260 g/mol. The van der Waals surface area contributed by atoms with Gasteiger partial charge in [-0.3, -0.25) is 9.38 Å². The Bertz CT molecular complexity index is 739. The monoisotopic (exact) mass is 265 g/mol. The Balaban J connectivity index is 2.30. The molecule has 0 radical (unpaired) electrons. The molecule has 3 rings (SSSR count). The minimum atomic E-state index is -1.06. The van der Waals surface area contributed by atoms with Crippen molar-refractivity contribution in [2.24, 2.45) is 0 Å². The van der Waals surface area contributed by atoms with Gasteiger partial charge in [-0.2, -0.15) is 0 Å². The van der Waals surface area contributed by atoms with E-state index in [0.717, 1.165) is 0 Å².